The molecule has 1 N–H and O–H groups in total. The molecule has 0 atom stereocenters. The number of rotatable bonds is 0. The second-order valence-corrected chi connectivity index (χ2v) is 1.87. The standard InChI is InChI=1S/C5H11N2.Li/c1-7-4-2-6-3-5-7;/h4,6H,2-3,5H2,1H3;/q-1;+1. The molecule has 1 aliphatic rings. The van der Waals surface area contributed by atoms with Gasteiger partial charge in [-0.25, -0.2) is 0 Å². The molecule has 1 aliphatic heterocycles. The Balaban J connectivity index is 0.000000490. The van der Waals surface area contributed by atoms with E-state index in [0.717, 1.165) is 19.6 Å². The second kappa shape index (κ2) is 4.40. The Hall–Kier alpha value is 0.517. The summed E-state index contributed by atoms with van der Waals surface area (Å²) in [5, 5.41) is 3.22. The zero-order valence-electron chi connectivity index (χ0n) is 5.65. The topological polar surface area (TPSA) is 15.3 Å². The van der Waals surface area contributed by atoms with Crippen molar-refractivity contribution in [2.45, 2.75) is 0 Å². The predicted octanol–water partition coefficient (Wildman–Crippen LogP) is -3.31. The van der Waals surface area contributed by atoms with Gasteiger partial charge in [0.25, 0.3) is 0 Å². The Bertz CT molecular complexity index is 52.4. The zero-order chi connectivity index (χ0) is 5.11. The third-order valence-corrected chi connectivity index (χ3v) is 1.19. The average Bonchev–Trinajstić information content (AvgIpc) is 1.69. The van der Waals surface area contributed by atoms with Crippen LogP contribution >= 0.6 is 0 Å². The molecule has 0 amide bonds. The number of nitrogens with one attached hydrogen (secondary N) is 1. The van der Waals surface area contributed by atoms with E-state index in [1.165, 1.54) is 0 Å². The minimum atomic E-state index is 0. The molecular weight excluding hydrogens is 95.0 g/mol. The molecule has 0 unspecified atom stereocenters. The summed E-state index contributed by atoms with van der Waals surface area (Å²) in [4.78, 5) is 2.20. The summed E-state index contributed by atoms with van der Waals surface area (Å²) in [5.41, 5.74) is 0. The van der Waals surface area contributed by atoms with Crippen LogP contribution < -0.4 is 24.2 Å². The molecule has 0 saturated carbocycles. The van der Waals surface area contributed by atoms with Crippen LogP contribution in [0.25, 0.3) is 0 Å². The Kier molecular flexibility index (Phi) is 4.69. The van der Waals surface area contributed by atoms with Gasteiger partial charge in [0.2, 0.25) is 0 Å². The first-order valence-corrected chi connectivity index (χ1v) is 2.64. The van der Waals surface area contributed by atoms with Crippen molar-refractivity contribution < 1.29 is 18.9 Å². The van der Waals surface area contributed by atoms with Gasteiger partial charge in [0.15, 0.2) is 0 Å². The summed E-state index contributed by atoms with van der Waals surface area (Å²) in [5.74, 6) is 0. The molecule has 2 nitrogen and oxygen atoms in total. The number of hydrogen-bond acceptors (Lipinski definition) is 2. The van der Waals surface area contributed by atoms with E-state index in [1.807, 2.05) is 0 Å². The van der Waals surface area contributed by atoms with Crippen molar-refractivity contribution in [2.24, 2.45) is 0 Å². The minimum Gasteiger partial charge on any atom is -0.457 e. The maximum atomic E-state index is 3.22. The molecule has 0 aromatic rings. The molecular formula is C5H11LiN2. The molecule has 0 aliphatic carbocycles. The minimum absolute atomic E-state index is 0. The monoisotopic (exact) mass is 106 g/mol. The quantitative estimate of drug-likeness (QED) is 0.257. The van der Waals surface area contributed by atoms with Gasteiger partial charge in [-0.05, 0) is 13.6 Å². The molecule has 1 saturated heterocycles. The van der Waals surface area contributed by atoms with Gasteiger partial charge in [-0.2, -0.15) is 0 Å². The molecule has 3 heteroatoms. The molecule has 0 radical (unpaired) electrons. The van der Waals surface area contributed by atoms with Crippen LogP contribution in [-0.4, -0.2) is 31.6 Å². The number of nitrogens with zero attached hydrogens (tertiary/aromatic N) is 1. The maximum absolute atomic E-state index is 3.22. The summed E-state index contributed by atoms with van der Waals surface area (Å²) >= 11 is 0. The molecule has 1 rings (SSSR count). The molecule has 0 aromatic heterocycles. The van der Waals surface area contributed by atoms with Crippen LogP contribution in [0, 0.1) is 6.54 Å². The maximum Gasteiger partial charge on any atom is 1.00 e. The van der Waals surface area contributed by atoms with Crippen molar-refractivity contribution in [3.8, 4) is 0 Å². The fraction of sp³-hybridized carbons (Fsp3) is 0.800. The molecule has 0 spiro atoms. The Labute approximate surface area is 62.8 Å². The van der Waals surface area contributed by atoms with Crippen molar-refractivity contribution in [3.05, 3.63) is 6.54 Å². The van der Waals surface area contributed by atoms with Gasteiger partial charge < -0.3 is 10.2 Å². The fourth-order valence-corrected chi connectivity index (χ4v) is 0.669. The Morgan fingerprint density at radius 3 is 2.62 bits per heavy atom. The third-order valence-electron chi connectivity index (χ3n) is 1.19. The SMILES string of the molecule is CN1[CH-]CNCC1.[Li+]. The Morgan fingerprint density at radius 1 is 1.62 bits per heavy atom. The summed E-state index contributed by atoms with van der Waals surface area (Å²) in [6.45, 7) is 5.48. The average molecular weight is 106 g/mol. The molecule has 1 heterocycles. The van der Waals surface area contributed by atoms with E-state index in [4.69, 9.17) is 0 Å². The normalized spacial score (nSPS) is 22.1. The van der Waals surface area contributed by atoms with Gasteiger partial charge in [-0.3, -0.25) is 6.54 Å². The van der Waals surface area contributed by atoms with E-state index in [9.17, 15) is 0 Å². The van der Waals surface area contributed by atoms with E-state index in [-0.39, 0.29) is 18.9 Å². The number of likely N-dealkylation sites (N-methyl/N-ethyl adjacent to an activating group) is 1. The van der Waals surface area contributed by atoms with E-state index >= 15 is 0 Å². The molecule has 8 heavy (non-hydrogen) atoms. The summed E-state index contributed by atoms with van der Waals surface area (Å²) in [7, 11) is 2.10. The van der Waals surface area contributed by atoms with E-state index in [2.05, 4.69) is 23.8 Å². The van der Waals surface area contributed by atoms with Gasteiger partial charge in [0.1, 0.15) is 0 Å². The zero-order valence-corrected chi connectivity index (χ0v) is 5.65. The largest absolute Gasteiger partial charge is 1.00 e. The van der Waals surface area contributed by atoms with Gasteiger partial charge in [0, 0.05) is 6.54 Å². The van der Waals surface area contributed by atoms with E-state index in [0.29, 0.717) is 0 Å². The second-order valence-electron chi connectivity index (χ2n) is 1.87. The Morgan fingerprint density at radius 2 is 2.38 bits per heavy atom. The van der Waals surface area contributed by atoms with Crippen LogP contribution in [0.5, 0.6) is 0 Å². The van der Waals surface area contributed by atoms with Crippen molar-refractivity contribution >= 4 is 0 Å². The van der Waals surface area contributed by atoms with Crippen LogP contribution in [0.1, 0.15) is 0 Å². The van der Waals surface area contributed by atoms with Gasteiger partial charge in [0.05, 0.1) is 0 Å². The number of piperazine rings is 1. The molecule has 0 aromatic carbocycles. The smallest absolute Gasteiger partial charge is 0.457 e. The van der Waals surface area contributed by atoms with Crippen molar-refractivity contribution in [3.63, 3.8) is 0 Å². The first kappa shape index (κ1) is 8.52. The first-order chi connectivity index (χ1) is 3.39. The number of hydrogen-bond donors (Lipinski definition) is 1. The van der Waals surface area contributed by atoms with E-state index < -0.39 is 0 Å². The molecule has 42 valence electrons. The summed E-state index contributed by atoms with van der Waals surface area (Å²) in [6, 6.07) is 0. The van der Waals surface area contributed by atoms with Crippen LogP contribution in [0.15, 0.2) is 0 Å². The van der Waals surface area contributed by atoms with Crippen molar-refractivity contribution in [2.75, 3.05) is 26.7 Å². The van der Waals surface area contributed by atoms with Gasteiger partial charge in [-0.1, -0.05) is 0 Å². The first-order valence-electron chi connectivity index (χ1n) is 2.64. The van der Waals surface area contributed by atoms with E-state index in [1.54, 1.807) is 0 Å². The van der Waals surface area contributed by atoms with Gasteiger partial charge >= 0.3 is 18.9 Å². The van der Waals surface area contributed by atoms with Crippen molar-refractivity contribution in [1.29, 1.82) is 0 Å². The van der Waals surface area contributed by atoms with Crippen LogP contribution in [0.2, 0.25) is 0 Å². The van der Waals surface area contributed by atoms with Crippen LogP contribution in [0.3, 0.4) is 0 Å². The van der Waals surface area contributed by atoms with Crippen LogP contribution in [0.4, 0.5) is 0 Å². The predicted molar refractivity (Wildman–Crippen MR) is 29.8 cm³/mol. The summed E-state index contributed by atoms with van der Waals surface area (Å²) in [6.07, 6.45) is 0. The van der Waals surface area contributed by atoms with Gasteiger partial charge in [-0.15, -0.1) is 6.54 Å². The fourth-order valence-electron chi connectivity index (χ4n) is 0.669. The molecule has 1 fully saturated rings. The van der Waals surface area contributed by atoms with Crippen molar-refractivity contribution in [1.82, 2.24) is 10.2 Å². The summed E-state index contributed by atoms with van der Waals surface area (Å²) < 4.78 is 0. The third kappa shape index (κ3) is 2.73. The van der Waals surface area contributed by atoms with Crippen LogP contribution in [-0.2, 0) is 0 Å². The molecule has 0 bridgehead atoms.